The van der Waals surface area contributed by atoms with Crippen molar-refractivity contribution >= 4 is 11.0 Å². The average Bonchev–Trinajstić information content (AvgIpc) is 3.00. The van der Waals surface area contributed by atoms with E-state index in [1.165, 1.54) is 27.8 Å². The molecule has 2 heteroatoms. The zero-order chi connectivity index (χ0) is 27.5. The van der Waals surface area contributed by atoms with Crippen molar-refractivity contribution in [2.75, 3.05) is 0 Å². The molecule has 194 valence electrons. The van der Waals surface area contributed by atoms with E-state index in [2.05, 4.69) is 137 Å². The summed E-state index contributed by atoms with van der Waals surface area (Å²) in [7, 11) is 0. The van der Waals surface area contributed by atoms with E-state index in [0.717, 1.165) is 39.1 Å². The van der Waals surface area contributed by atoms with Crippen LogP contribution in [0.5, 0.6) is 0 Å². The molecule has 1 aromatic heterocycles. The highest BCUT2D eigenvalue weighted by Crippen LogP contribution is 2.55. The number of nitrogens with zero attached hydrogens (tertiary/aromatic N) is 2. The van der Waals surface area contributed by atoms with Gasteiger partial charge in [-0.3, -0.25) is 0 Å². The van der Waals surface area contributed by atoms with Crippen molar-refractivity contribution in [2.24, 2.45) is 0 Å². The van der Waals surface area contributed by atoms with Crippen LogP contribution >= 0.6 is 0 Å². The van der Waals surface area contributed by atoms with E-state index < -0.39 is 0 Å². The van der Waals surface area contributed by atoms with Crippen LogP contribution in [0, 0.1) is 0 Å². The van der Waals surface area contributed by atoms with Crippen LogP contribution in [0.1, 0.15) is 38.8 Å². The Kier molecular flexibility index (Phi) is 5.50. The maximum atomic E-state index is 5.25. The summed E-state index contributed by atoms with van der Waals surface area (Å²) in [5.41, 5.74) is 13.6. The minimum atomic E-state index is -0.0333. The SMILES string of the molecule is CC1(C)c2ccccc2-c2c(-c3ccc4nc(-c5ccccc5)c(-c5ccccc5)nc4c3)cccc2C1(C)C. The van der Waals surface area contributed by atoms with Crippen molar-refractivity contribution < 1.29 is 0 Å². The van der Waals surface area contributed by atoms with Crippen LogP contribution < -0.4 is 0 Å². The van der Waals surface area contributed by atoms with E-state index in [0.29, 0.717) is 0 Å². The normalized spacial score (nSPS) is 14.9. The first-order valence-electron chi connectivity index (χ1n) is 14.0. The van der Waals surface area contributed by atoms with Crippen molar-refractivity contribution in [3.05, 3.63) is 132 Å². The quantitative estimate of drug-likeness (QED) is 0.234. The van der Waals surface area contributed by atoms with E-state index in [4.69, 9.17) is 9.97 Å². The third-order valence-electron chi connectivity index (χ3n) is 9.24. The summed E-state index contributed by atoms with van der Waals surface area (Å²) < 4.78 is 0. The Hall–Kier alpha value is -4.56. The highest BCUT2D eigenvalue weighted by atomic mass is 14.8. The van der Waals surface area contributed by atoms with Crippen LogP contribution in [-0.4, -0.2) is 9.97 Å². The molecule has 0 amide bonds. The van der Waals surface area contributed by atoms with Crippen LogP contribution in [0.15, 0.2) is 121 Å². The minimum absolute atomic E-state index is 0.00248. The van der Waals surface area contributed by atoms with Gasteiger partial charge < -0.3 is 0 Å². The second-order valence-corrected chi connectivity index (χ2v) is 11.9. The van der Waals surface area contributed by atoms with Crippen LogP contribution in [0.3, 0.4) is 0 Å². The van der Waals surface area contributed by atoms with E-state index >= 15 is 0 Å². The Labute approximate surface area is 236 Å². The number of benzene rings is 5. The van der Waals surface area contributed by atoms with Gasteiger partial charge in [0.1, 0.15) is 0 Å². The Balaban J connectivity index is 1.47. The molecule has 0 spiro atoms. The zero-order valence-corrected chi connectivity index (χ0v) is 23.4. The lowest BCUT2D eigenvalue weighted by Crippen LogP contribution is -2.43. The third kappa shape index (κ3) is 3.63. The second kappa shape index (κ2) is 8.99. The van der Waals surface area contributed by atoms with Gasteiger partial charge in [-0.05, 0) is 56.3 Å². The second-order valence-electron chi connectivity index (χ2n) is 11.9. The fourth-order valence-electron chi connectivity index (χ4n) is 6.34. The largest absolute Gasteiger partial charge is 0.244 e. The minimum Gasteiger partial charge on any atom is -0.244 e. The average molecular weight is 517 g/mol. The molecule has 0 aliphatic heterocycles. The molecule has 1 aliphatic rings. The molecule has 1 heterocycles. The summed E-state index contributed by atoms with van der Waals surface area (Å²) in [6.07, 6.45) is 0. The van der Waals surface area contributed by atoms with Crippen molar-refractivity contribution in [1.29, 1.82) is 0 Å². The van der Waals surface area contributed by atoms with Crippen LogP contribution in [0.25, 0.3) is 55.8 Å². The topological polar surface area (TPSA) is 25.8 Å². The summed E-state index contributed by atoms with van der Waals surface area (Å²) in [6.45, 7) is 9.52. The Morgan fingerprint density at radius 2 is 0.950 bits per heavy atom. The molecule has 5 aromatic carbocycles. The summed E-state index contributed by atoms with van der Waals surface area (Å²) in [4.78, 5) is 10.4. The van der Waals surface area contributed by atoms with Gasteiger partial charge in [0.15, 0.2) is 0 Å². The molecule has 0 saturated heterocycles. The Morgan fingerprint density at radius 1 is 0.425 bits per heavy atom. The molecular formula is C38H32N2. The van der Waals surface area contributed by atoms with Crippen molar-refractivity contribution in [3.8, 4) is 44.8 Å². The predicted molar refractivity (Wildman–Crippen MR) is 167 cm³/mol. The number of rotatable bonds is 3. The highest BCUT2D eigenvalue weighted by molar-refractivity contribution is 5.94. The first-order chi connectivity index (χ1) is 19.4. The molecule has 0 saturated carbocycles. The molecule has 0 fully saturated rings. The Morgan fingerprint density at radius 3 is 1.62 bits per heavy atom. The van der Waals surface area contributed by atoms with Gasteiger partial charge in [-0.2, -0.15) is 0 Å². The maximum Gasteiger partial charge on any atom is 0.0973 e. The van der Waals surface area contributed by atoms with Gasteiger partial charge in [-0.25, -0.2) is 9.97 Å². The summed E-state index contributed by atoms with van der Waals surface area (Å²) in [5.74, 6) is 0. The third-order valence-corrected chi connectivity index (χ3v) is 9.24. The van der Waals surface area contributed by atoms with Gasteiger partial charge in [0.05, 0.1) is 22.4 Å². The van der Waals surface area contributed by atoms with Gasteiger partial charge in [-0.15, -0.1) is 0 Å². The number of fused-ring (bicyclic) bond motifs is 4. The van der Waals surface area contributed by atoms with Crippen LogP contribution in [-0.2, 0) is 10.8 Å². The smallest absolute Gasteiger partial charge is 0.0973 e. The number of aromatic nitrogens is 2. The molecule has 2 nitrogen and oxygen atoms in total. The van der Waals surface area contributed by atoms with Gasteiger partial charge in [0.2, 0.25) is 0 Å². The van der Waals surface area contributed by atoms with Gasteiger partial charge >= 0.3 is 0 Å². The standard InChI is InChI=1S/C38H32N2/c1-37(2)30-20-12-11-18-29(30)34-28(19-13-21-31(34)38(37,3)4)27-22-23-32-33(24-27)40-36(26-16-9-6-10-17-26)35(39-32)25-14-7-5-8-15-25/h5-24H,1-4H3. The number of hydrogen-bond donors (Lipinski definition) is 0. The van der Waals surface area contributed by atoms with Crippen molar-refractivity contribution in [2.45, 2.75) is 38.5 Å². The fraction of sp³-hybridized carbons (Fsp3) is 0.158. The summed E-state index contributed by atoms with van der Waals surface area (Å²) >= 11 is 0. The van der Waals surface area contributed by atoms with E-state index in [1.807, 2.05) is 12.1 Å². The lowest BCUT2D eigenvalue weighted by molar-refractivity contribution is 0.299. The highest BCUT2D eigenvalue weighted by Gasteiger charge is 2.46. The number of hydrogen-bond acceptors (Lipinski definition) is 2. The molecule has 0 N–H and O–H groups in total. The lowest BCUT2D eigenvalue weighted by atomic mass is 9.55. The van der Waals surface area contributed by atoms with E-state index in [-0.39, 0.29) is 10.8 Å². The van der Waals surface area contributed by atoms with E-state index in [9.17, 15) is 0 Å². The zero-order valence-electron chi connectivity index (χ0n) is 23.4. The summed E-state index contributed by atoms with van der Waals surface area (Å²) in [6, 6.07) is 43.0. The molecule has 0 radical (unpaired) electrons. The fourth-order valence-corrected chi connectivity index (χ4v) is 6.34. The first-order valence-corrected chi connectivity index (χ1v) is 14.0. The molecule has 1 aliphatic carbocycles. The van der Waals surface area contributed by atoms with Crippen LogP contribution in [0.2, 0.25) is 0 Å². The van der Waals surface area contributed by atoms with Gasteiger partial charge in [0, 0.05) is 11.1 Å². The molecular weight excluding hydrogens is 484 g/mol. The van der Waals surface area contributed by atoms with Crippen molar-refractivity contribution in [1.82, 2.24) is 9.97 Å². The summed E-state index contributed by atoms with van der Waals surface area (Å²) in [5, 5.41) is 0. The predicted octanol–water partition coefficient (Wildman–Crippen LogP) is 9.87. The van der Waals surface area contributed by atoms with Crippen LogP contribution in [0.4, 0.5) is 0 Å². The monoisotopic (exact) mass is 516 g/mol. The lowest BCUT2D eigenvalue weighted by Gasteiger charge is -2.48. The molecule has 7 rings (SSSR count). The molecule has 40 heavy (non-hydrogen) atoms. The molecule has 0 bridgehead atoms. The molecule has 0 atom stereocenters. The molecule has 6 aromatic rings. The van der Waals surface area contributed by atoms with E-state index in [1.54, 1.807) is 0 Å². The molecule has 0 unspecified atom stereocenters. The maximum absolute atomic E-state index is 5.25. The Bertz CT molecular complexity index is 1880. The first kappa shape index (κ1) is 24.5. The van der Waals surface area contributed by atoms with Gasteiger partial charge in [-0.1, -0.05) is 137 Å². The van der Waals surface area contributed by atoms with Crippen molar-refractivity contribution in [3.63, 3.8) is 0 Å². The van der Waals surface area contributed by atoms with Gasteiger partial charge in [0.25, 0.3) is 0 Å².